The molecule has 0 saturated carbocycles. The Kier molecular flexibility index (Phi) is 5.44. The molecular formula is C14H24N2O2. The highest BCUT2D eigenvalue weighted by molar-refractivity contribution is 5.48. The van der Waals surface area contributed by atoms with Crippen molar-refractivity contribution in [3.8, 4) is 11.5 Å². The Morgan fingerprint density at radius 1 is 1.22 bits per heavy atom. The fourth-order valence-electron chi connectivity index (χ4n) is 2.25. The molecule has 4 N–H and O–H groups in total. The molecule has 0 aliphatic rings. The van der Waals surface area contributed by atoms with Crippen LogP contribution in [0.15, 0.2) is 12.1 Å². The van der Waals surface area contributed by atoms with Gasteiger partial charge in [0.05, 0.1) is 14.2 Å². The molecule has 0 aromatic heterocycles. The summed E-state index contributed by atoms with van der Waals surface area (Å²) in [6, 6.07) is 3.73. The quantitative estimate of drug-likeness (QED) is 0.812. The standard InChI is InChI=1S/C14H24N2O2/c1-5-10(8-15)14(16)13-9(2)6-11(17-3)7-12(13)18-4/h6-7,10,14H,5,8,15-16H2,1-4H3. The molecule has 102 valence electrons. The Hall–Kier alpha value is -1.26. The molecule has 0 fully saturated rings. The first-order chi connectivity index (χ1) is 8.58. The Morgan fingerprint density at radius 2 is 1.89 bits per heavy atom. The first kappa shape index (κ1) is 14.8. The van der Waals surface area contributed by atoms with Crippen LogP contribution in [0.3, 0.4) is 0 Å². The topological polar surface area (TPSA) is 70.5 Å². The maximum Gasteiger partial charge on any atom is 0.127 e. The van der Waals surface area contributed by atoms with E-state index in [9.17, 15) is 0 Å². The molecule has 0 aliphatic carbocycles. The third-order valence-corrected chi connectivity index (χ3v) is 3.45. The predicted molar refractivity (Wildman–Crippen MR) is 74.0 cm³/mol. The van der Waals surface area contributed by atoms with Crippen LogP contribution in [-0.4, -0.2) is 20.8 Å². The zero-order valence-electron chi connectivity index (χ0n) is 11.7. The number of ether oxygens (including phenoxy) is 2. The third kappa shape index (κ3) is 2.94. The largest absolute Gasteiger partial charge is 0.497 e. The number of rotatable bonds is 6. The Morgan fingerprint density at radius 3 is 2.33 bits per heavy atom. The Bertz CT molecular complexity index is 390. The van der Waals surface area contributed by atoms with Crippen LogP contribution in [0.5, 0.6) is 11.5 Å². The van der Waals surface area contributed by atoms with Gasteiger partial charge in [0.2, 0.25) is 0 Å². The van der Waals surface area contributed by atoms with E-state index in [-0.39, 0.29) is 12.0 Å². The number of aryl methyl sites for hydroxylation is 1. The average molecular weight is 252 g/mol. The van der Waals surface area contributed by atoms with Gasteiger partial charge in [-0.2, -0.15) is 0 Å². The van der Waals surface area contributed by atoms with Crippen molar-refractivity contribution in [2.24, 2.45) is 17.4 Å². The van der Waals surface area contributed by atoms with E-state index in [1.165, 1.54) is 0 Å². The summed E-state index contributed by atoms with van der Waals surface area (Å²) in [5.74, 6) is 1.80. The minimum absolute atomic E-state index is 0.110. The number of hydrogen-bond acceptors (Lipinski definition) is 4. The maximum atomic E-state index is 6.33. The van der Waals surface area contributed by atoms with Gasteiger partial charge < -0.3 is 20.9 Å². The average Bonchev–Trinajstić information content (AvgIpc) is 2.38. The molecule has 1 aromatic carbocycles. The van der Waals surface area contributed by atoms with E-state index < -0.39 is 0 Å². The van der Waals surface area contributed by atoms with Crippen molar-refractivity contribution < 1.29 is 9.47 Å². The van der Waals surface area contributed by atoms with Gasteiger partial charge in [0.25, 0.3) is 0 Å². The normalized spacial score (nSPS) is 14.1. The van der Waals surface area contributed by atoms with Crippen LogP contribution in [0, 0.1) is 12.8 Å². The molecule has 2 atom stereocenters. The first-order valence-electron chi connectivity index (χ1n) is 6.27. The smallest absolute Gasteiger partial charge is 0.127 e. The van der Waals surface area contributed by atoms with Crippen molar-refractivity contribution in [2.75, 3.05) is 20.8 Å². The molecule has 0 radical (unpaired) electrons. The second-order valence-electron chi connectivity index (χ2n) is 4.49. The van der Waals surface area contributed by atoms with Crippen molar-refractivity contribution in [2.45, 2.75) is 26.3 Å². The maximum absolute atomic E-state index is 6.33. The van der Waals surface area contributed by atoms with Gasteiger partial charge >= 0.3 is 0 Å². The number of hydrogen-bond donors (Lipinski definition) is 2. The highest BCUT2D eigenvalue weighted by Crippen LogP contribution is 2.35. The number of methoxy groups -OCH3 is 2. The molecule has 4 heteroatoms. The summed E-state index contributed by atoms with van der Waals surface area (Å²) in [4.78, 5) is 0. The SMILES string of the molecule is CCC(CN)C(N)c1c(C)cc(OC)cc1OC. The third-order valence-electron chi connectivity index (χ3n) is 3.45. The molecular weight excluding hydrogens is 228 g/mol. The van der Waals surface area contributed by atoms with E-state index in [0.717, 1.165) is 29.0 Å². The highest BCUT2D eigenvalue weighted by Gasteiger charge is 2.22. The molecule has 1 aromatic rings. The second kappa shape index (κ2) is 6.61. The van der Waals surface area contributed by atoms with Crippen LogP contribution in [0.25, 0.3) is 0 Å². The van der Waals surface area contributed by atoms with Gasteiger partial charge in [-0.15, -0.1) is 0 Å². The molecule has 0 saturated heterocycles. The minimum Gasteiger partial charge on any atom is -0.497 e. The Labute approximate surface area is 109 Å². The Balaban J connectivity index is 3.21. The molecule has 0 heterocycles. The van der Waals surface area contributed by atoms with Gasteiger partial charge in [0, 0.05) is 17.7 Å². The zero-order valence-corrected chi connectivity index (χ0v) is 11.7. The minimum atomic E-state index is -0.110. The van der Waals surface area contributed by atoms with Crippen molar-refractivity contribution in [3.63, 3.8) is 0 Å². The van der Waals surface area contributed by atoms with Crippen LogP contribution in [-0.2, 0) is 0 Å². The van der Waals surface area contributed by atoms with E-state index in [4.69, 9.17) is 20.9 Å². The highest BCUT2D eigenvalue weighted by atomic mass is 16.5. The van der Waals surface area contributed by atoms with Gasteiger partial charge in [0.1, 0.15) is 11.5 Å². The molecule has 0 amide bonds. The van der Waals surface area contributed by atoms with E-state index in [1.807, 2.05) is 19.1 Å². The number of benzene rings is 1. The van der Waals surface area contributed by atoms with Gasteiger partial charge in [0.15, 0.2) is 0 Å². The van der Waals surface area contributed by atoms with Crippen molar-refractivity contribution >= 4 is 0 Å². The molecule has 2 unspecified atom stereocenters. The molecule has 0 spiro atoms. The lowest BCUT2D eigenvalue weighted by atomic mass is 9.88. The first-order valence-corrected chi connectivity index (χ1v) is 6.27. The van der Waals surface area contributed by atoms with Crippen LogP contribution < -0.4 is 20.9 Å². The summed E-state index contributed by atoms with van der Waals surface area (Å²) >= 11 is 0. The lowest BCUT2D eigenvalue weighted by Crippen LogP contribution is -2.28. The van der Waals surface area contributed by atoms with E-state index >= 15 is 0 Å². The summed E-state index contributed by atoms with van der Waals surface area (Å²) in [6.45, 7) is 4.69. The van der Waals surface area contributed by atoms with Crippen molar-refractivity contribution in [1.29, 1.82) is 0 Å². The van der Waals surface area contributed by atoms with Gasteiger partial charge in [-0.25, -0.2) is 0 Å². The van der Waals surface area contributed by atoms with Crippen molar-refractivity contribution in [1.82, 2.24) is 0 Å². The van der Waals surface area contributed by atoms with Crippen LogP contribution in [0.1, 0.15) is 30.5 Å². The van der Waals surface area contributed by atoms with Gasteiger partial charge in [-0.3, -0.25) is 0 Å². The molecule has 18 heavy (non-hydrogen) atoms. The van der Waals surface area contributed by atoms with Crippen LogP contribution in [0.2, 0.25) is 0 Å². The monoisotopic (exact) mass is 252 g/mol. The van der Waals surface area contributed by atoms with E-state index in [1.54, 1.807) is 14.2 Å². The van der Waals surface area contributed by atoms with Gasteiger partial charge in [-0.1, -0.05) is 13.3 Å². The summed E-state index contributed by atoms with van der Waals surface area (Å²) < 4.78 is 10.7. The molecule has 0 bridgehead atoms. The summed E-state index contributed by atoms with van der Waals surface area (Å²) in [5.41, 5.74) is 14.2. The van der Waals surface area contributed by atoms with Crippen molar-refractivity contribution in [3.05, 3.63) is 23.3 Å². The fraction of sp³-hybridized carbons (Fsp3) is 0.571. The molecule has 0 aliphatic heterocycles. The molecule has 4 nitrogen and oxygen atoms in total. The fourth-order valence-corrected chi connectivity index (χ4v) is 2.25. The summed E-state index contributed by atoms with van der Waals surface area (Å²) in [5, 5.41) is 0. The van der Waals surface area contributed by atoms with E-state index in [0.29, 0.717) is 6.54 Å². The second-order valence-corrected chi connectivity index (χ2v) is 4.49. The lowest BCUT2D eigenvalue weighted by molar-refractivity contribution is 0.370. The van der Waals surface area contributed by atoms with Crippen LogP contribution in [0.4, 0.5) is 0 Å². The van der Waals surface area contributed by atoms with Gasteiger partial charge in [-0.05, 0) is 31.0 Å². The molecule has 1 rings (SSSR count). The number of nitrogens with two attached hydrogens (primary N) is 2. The lowest BCUT2D eigenvalue weighted by Gasteiger charge is -2.25. The predicted octanol–water partition coefficient (Wildman–Crippen LogP) is 2.00. The van der Waals surface area contributed by atoms with E-state index in [2.05, 4.69) is 6.92 Å². The summed E-state index contributed by atoms with van der Waals surface area (Å²) in [7, 11) is 3.29. The van der Waals surface area contributed by atoms with Crippen LogP contribution >= 0.6 is 0 Å². The zero-order chi connectivity index (χ0) is 13.7. The summed E-state index contributed by atoms with van der Waals surface area (Å²) in [6.07, 6.45) is 0.951.